The van der Waals surface area contributed by atoms with Gasteiger partial charge in [-0.25, -0.2) is 9.69 Å². The molecular weight excluding hydrogens is 558 g/mol. The number of carbonyl (C=O) groups excluding carboxylic acids is 3. The molecule has 0 spiro atoms. The molecule has 4 atom stereocenters. The number of nitrogens with zero attached hydrogens (tertiary/aromatic N) is 3. The number of para-hydroxylation sites is 1. The molecule has 4 aromatic carbocycles. The first-order chi connectivity index (χ1) is 21.3. The molecule has 7 rings (SSSR count). The van der Waals surface area contributed by atoms with Gasteiger partial charge in [0.15, 0.2) is 6.10 Å². The summed E-state index contributed by atoms with van der Waals surface area (Å²) in [7, 11) is 0. The molecule has 3 aliphatic heterocycles. The molecule has 0 radical (unpaired) electrons. The van der Waals surface area contributed by atoms with Crippen molar-refractivity contribution in [3.8, 4) is 0 Å². The van der Waals surface area contributed by atoms with Gasteiger partial charge < -0.3 is 9.64 Å². The topological polar surface area (TPSA) is 110 Å². The van der Waals surface area contributed by atoms with Crippen LogP contribution < -0.4 is 9.80 Å². The number of esters is 1. The Hall–Kier alpha value is -5.57. The minimum Gasteiger partial charge on any atom is -0.451 e. The first kappa shape index (κ1) is 27.3. The van der Waals surface area contributed by atoms with Crippen molar-refractivity contribution in [1.29, 1.82) is 0 Å². The van der Waals surface area contributed by atoms with Gasteiger partial charge in [0.25, 0.3) is 5.69 Å². The quantitative estimate of drug-likeness (QED) is 0.125. The van der Waals surface area contributed by atoms with E-state index in [1.807, 2.05) is 102 Å². The average molecular weight is 586 g/mol. The SMILES string of the molecule is Cc1cc([N+](=O)[O-])ccc1N1C(=O)[C@@H]2[C@H](C1=O)[C@@H](C(=O)OC(c1ccccc1)c1ccccc1)N1c3ccccc3C=C[C@H]21. The van der Waals surface area contributed by atoms with E-state index in [1.165, 1.54) is 18.2 Å². The Labute approximate surface area is 253 Å². The lowest BCUT2D eigenvalue weighted by atomic mass is 9.88. The van der Waals surface area contributed by atoms with Gasteiger partial charge in [-0.15, -0.1) is 0 Å². The van der Waals surface area contributed by atoms with Crippen molar-refractivity contribution < 1.29 is 24.0 Å². The fourth-order valence-corrected chi connectivity index (χ4v) is 6.80. The zero-order chi connectivity index (χ0) is 30.5. The lowest BCUT2D eigenvalue weighted by Crippen LogP contribution is -2.49. The summed E-state index contributed by atoms with van der Waals surface area (Å²) in [6.45, 7) is 1.62. The molecule has 0 saturated carbocycles. The van der Waals surface area contributed by atoms with E-state index in [1.54, 1.807) is 6.92 Å². The van der Waals surface area contributed by atoms with Gasteiger partial charge >= 0.3 is 5.97 Å². The summed E-state index contributed by atoms with van der Waals surface area (Å²) in [4.78, 5) is 56.6. The molecule has 9 heteroatoms. The van der Waals surface area contributed by atoms with Crippen LogP contribution in [0.1, 0.15) is 28.4 Å². The van der Waals surface area contributed by atoms with Gasteiger partial charge in [0.1, 0.15) is 6.04 Å². The van der Waals surface area contributed by atoms with E-state index in [0.717, 1.165) is 27.3 Å². The Bertz CT molecular complexity index is 1800. The number of non-ortho nitro benzene ring substituents is 1. The van der Waals surface area contributed by atoms with Crippen LogP contribution in [0.3, 0.4) is 0 Å². The highest BCUT2D eigenvalue weighted by Gasteiger charge is 2.65. The van der Waals surface area contributed by atoms with Crippen LogP contribution in [-0.4, -0.2) is 34.8 Å². The van der Waals surface area contributed by atoms with E-state index >= 15 is 0 Å². The number of carbonyl (C=O) groups is 3. The summed E-state index contributed by atoms with van der Waals surface area (Å²) in [5.74, 6) is -3.48. The number of nitro benzene ring substituents is 1. The average Bonchev–Trinajstić information content (AvgIpc) is 3.53. The number of rotatable bonds is 6. The maximum Gasteiger partial charge on any atom is 0.330 e. The molecule has 2 saturated heterocycles. The minimum absolute atomic E-state index is 0.141. The number of hydrogen-bond acceptors (Lipinski definition) is 7. The Kier molecular flexibility index (Phi) is 6.58. The number of benzene rings is 4. The van der Waals surface area contributed by atoms with E-state index in [-0.39, 0.29) is 11.4 Å². The molecule has 218 valence electrons. The van der Waals surface area contributed by atoms with Gasteiger partial charge in [-0.3, -0.25) is 19.7 Å². The first-order valence-corrected chi connectivity index (χ1v) is 14.3. The van der Waals surface area contributed by atoms with Gasteiger partial charge in [0.2, 0.25) is 11.8 Å². The van der Waals surface area contributed by atoms with Crippen LogP contribution in [-0.2, 0) is 19.1 Å². The van der Waals surface area contributed by atoms with Crippen LogP contribution in [0.4, 0.5) is 17.1 Å². The van der Waals surface area contributed by atoms with Crippen molar-refractivity contribution in [2.45, 2.75) is 25.1 Å². The molecule has 0 N–H and O–H groups in total. The van der Waals surface area contributed by atoms with E-state index < -0.39 is 52.7 Å². The predicted molar refractivity (Wildman–Crippen MR) is 164 cm³/mol. The van der Waals surface area contributed by atoms with Crippen LogP contribution in [0.2, 0.25) is 0 Å². The lowest BCUT2D eigenvalue weighted by Gasteiger charge is -2.36. The van der Waals surface area contributed by atoms with E-state index in [4.69, 9.17) is 4.74 Å². The minimum atomic E-state index is -1.09. The number of anilines is 2. The van der Waals surface area contributed by atoms with Crippen molar-refractivity contribution in [3.05, 3.63) is 142 Å². The molecule has 0 unspecified atom stereocenters. The number of hydrogen-bond donors (Lipinski definition) is 0. The number of imide groups is 1. The van der Waals surface area contributed by atoms with Crippen molar-refractivity contribution in [3.63, 3.8) is 0 Å². The molecule has 0 aromatic heterocycles. The Morgan fingerprint density at radius 2 is 1.43 bits per heavy atom. The molecule has 0 bridgehead atoms. The van der Waals surface area contributed by atoms with Gasteiger partial charge in [0, 0.05) is 17.8 Å². The van der Waals surface area contributed by atoms with Gasteiger partial charge in [-0.1, -0.05) is 91.0 Å². The largest absolute Gasteiger partial charge is 0.451 e. The fraction of sp³-hybridized carbons (Fsp3) is 0.171. The third-order valence-corrected chi connectivity index (χ3v) is 8.73. The van der Waals surface area contributed by atoms with Crippen molar-refractivity contribution in [2.75, 3.05) is 9.80 Å². The molecule has 9 nitrogen and oxygen atoms in total. The third kappa shape index (κ3) is 4.27. The number of aryl methyl sites for hydroxylation is 1. The Balaban J connectivity index is 1.32. The normalized spacial score (nSPS) is 21.7. The molecule has 3 heterocycles. The zero-order valence-corrected chi connectivity index (χ0v) is 23.6. The predicted octanol–water partition coefficient (Wildman–Crippen LogP) is 5.63. The molecule has 0 aliphatic carbocycles. The highest BCUT2D eigenvalue weighted by molar-refractivity contribution is 6.25. The highest BCUT2D eigenvalue weighted by atomic mass is 16.6. The lowest BCUT2D eigenvalue weighted by molar-refractivity contribution is -0.384. The Morgan fingerprint density at radius 1 is 0.818 bits per heavy atom. The third-order valence-electron chi connectivity index (χ3n) is 8.73. The molecule has 2 amide bonds. The van der Waals surface area contributed by atoms with Crippen LogP contribution in [0, 0.1) is 28.9 Å². The van der Waals surface area contributed by atoms with Gasteiger partial charge in [-0.2, -0.15) is 0 Å². The van der Waals surface area contributed by atoms with Crippen LogP contribution in [0.25, 0.3) is 6.08 Å². The zero-order valence-electron chi connectivity index (χ0n) is 23.6. The van der Waals surface area contributed by atoms with E-state index in [9.17, 15) is 24.5 Å². The maximum absolute atomic E-state index is 14.4. The summed E-state index contributed by atoms with van der Waals surface area (Å²) in [5, 5.41) is 11.3. The molecule has 3 aliphatic rings. The number of fused-ring (bicyclic) bond motifs is 5. The fourth-order valence-electron chi connectivity index (χ4n) is 6.80. The first-order valence-electron chi connectivity index (χ1n) is 14.3. The smallest absolute Gasteiger partial charge is 0.330 e. The second-order valence-corrected chi connectivity index (χ2v) is 11.2. The number of ether oxygens (including phenoxy) is 1. The van der Waals surface area contributed by atoms with E-state index in [0.29, 0.717) is 5.56 Å². The summed E-state index contributed by atoms with van der Waals surface area (Å²) < 4.78 is 6.31. The van der Waals surface area contributed by atoms with Crippen molar-refractivity contribution in [2.24, 2.45) is 11.8 Å². The van der Waals surface area contributed by atoms with Crippen LogP contribution in [0.5, 0.6) is 0 Å². The molecular formula is C35H27N3O6. The number of nitro groups is 1. The summed E-state index contributed by atoms with van der Waals surface area (Å²) in [5.41, 5.74) is 3.69. The monoisotopic (exact) mass is 585 g/mol. The van der Waals surface area contributed by atoms with Crippen molar-refractivity contribution >= 4 is 40.9 Å². The van der Waals surface area contributed by atoms with Crippen LogP contribution in [0.15, 0.2) is 109 Å². The molecule has 4 aromatic rings. The molecule has 2 fully saturated rings. The van der Waals surface area contributed by atoms with Gasteiger partial charge in [0.05, 0.1) is 28.5 Å². The van der Waals surface area contributed by atoms with Crippen LogP contribution >= 0.6 is 0 Å². The summed E-state index contributed by atoms with van der Waals surface area (Å²) >= 11 is 0. The summed E-state index contributed by atoms with van der Waals surface area (Å²) in [6.07, 6.45) is 3.05. The number of amides is 2. The van der Waals surface area contributed by atoms with Crippen molar-refractivity contribution in [1.82, 2.24) is 0 Å². The second-order valence-electron chi connectivity index (χ2n) is 11.2. The standard InChI is InChI=1S/C35H27N3O6/c1-21-20-25(38(42)43)17-19-26(21)37-33(39)29-28-18-16-22-10-8-9-15-27(22)36(28)31(30(29)34(37)40)35(41)44-32(23-11-4-2-5-12-23)24-13-6-3-7-14-24/h2-20,28-32H,1H3/t28-,29+,30+,31+/m1/s1. The summed E-state index contributed by atoms with van der Waals surface area (Å²) in [6, 6.07) is 28.7. The van der Waals surface area contributed by atoms with E-state index in [2.05, 4.69) is 0 Å². The molecule has 44 heavy (non-hydrogen) atoms. The highest BCUT2D eigenvalue weighted by Crippen LogP contribution is 2.50. The maximum atomic E-state index is 14.4. The van der Waals surface area contributed by atoms with Gasteiger partial charge in [-0.05, 0) is 41.3 Å². The Morgan fingerprint density at radius 3 is 2.07 bits per heavy atom. The second kappa shape index (κ2) is 10.6.